The molecule has 0 bridgehead atoms. The summed E-state index contributed by atoms with van der Waals surface area (Å²) in [7, 11) is 0. The van der Waals surface area contributed by atoms with Crippen LogP contribution in [-0.2, 0) is 0 Å². The second-order valence-corrected chi connectivity index (χ2v) is 7.06. The fraction of sp³-hybridized carbons (Fsp3) is 0.389. The molecule has 0 fully saturated rings. The van der Waals surface area contributed by atoms with E-state index in [2.05, 4.69) is 41.3 Å². The van der Waals surface area contributed by atoms with E-state index in [1.54, 1.807) is 0 Å². The molecule has 1 aromatic carbocycles. The zero-order chi connectivity index (χ0) is 17.3. The predicted molar refractivity (Wildman–Crippen MR) is 99.0 cm³/mol. The molecule has 2 N–H and O–H groups in total. The molecular formula is C18H22N4OS. The molecule has 0 radical (unpaired) electrons. The summed E-state index contributed by atoms with van der Waals surface area (Å²) in [6.45, 7) is 8.38. The summed E-state index contributed by atoms with van der Waals surface area (Å²) < 4.78 is 0. The van der Waals surface area contributed by atoms with Gasteiger partial charge in [-0.05, 0) is 50.5 Å². The number of amides is 1. The lowest BCUT2D eigenvalue weighted by molar-refractivity contribution is 0.102. The van der Waals surface area contributed by atoms with Gasteiger partial charge in [-0.1, -0.05) is 25.2 Å². The van der Waals surface area contributed by atoms with Crippen LogP contribution in [0.3, 0.4) is 0 Å². The van der Waals surface area contributed by atoms with Gasteiger partial charge in [0.2, 0.25) is 5.13 Å². The largest absolute Gasteiger partial charge is 0.358 e. The Hall–Kier alpha value is -2.21. The highest BCUT2D eigenvalue weighted by molar-refractivity contribution is 7.15. The maximum atomic E-state index is 12.5. The zero-order valence-electron chi connectivity index (χ0n) is 14.4. The highest BCUT2D eigenvalue weighted by Crippen LogP contribution is 2.28. The maximum Gasteiger partial charge on any atom is 0.257 e. The molecule has 0 saturated carbocycles. The van der Waals surface area contributed by atoms with Crippen molar-refractivity contribution >= 4 is 33.3 Å². The van der Waals surface area contributed by atoms with Crippen LogP contribution >= 0.6 is 11.3 Å². The van der Waals surface area contributed by atoms with E-state index >= 15 is 0 Å². The van der Waals surface area contributed by atoms with Crippen LogP contribution in [0, 0.1) is 13.8 Å². The summed E-state index contributed by atoms with van der Waals surface area (Å²) in [5.41, 5.74) is 3.98. The van der Waals surface area contributed by atoms with Crippen molar-refractivity contribution in [3.63, 3.8) is 0 Å². The van der Waals surface area contributed by atoms with Crippen molar-refractivity contribution in [2.45, 2.75) is 46.5 Å². The minimum atomic E-state index is -0.151. The standard InChI is InChI=1S/C18H22N4OS/c1-5-12(6-2)17-21-22-18(24-17)20-16(23)13-7-8-15-14(9-13)10(3)11(4)19-15/h7-9,12,19H,5-6H2,1-4H3,(H,20,22,23). The molecule has 24 heavy (non-hydrogen) atoms. The number of rotatable bonds is 5. The molecule has 0 spiro atoms. The van der Waals surface area contributed by atoms with Gasteiger partial charge in [0, 0.05) is 28.1 Å². The Bertz CT molecular complexity index is 876. The zero-order valence-corrected chi connectivity index (χ0v) is 15.3. The van der Waals surface area contributed by atoms with E-state index in [1.165, 1.54) is 16.9 Å². The van der Waals surface area contributed by atoms with Crippen LogP contribution < -0.4 is 5.32 Å². The number of nitrogens with one attached hydrogen (secondary N) is 2. The first kappa shape index (κ1) is 16.6. The molecular weight excluding hydrogens is 320 g/mol. The van der Waals surface area contributed by atoms with Crippen molar-refractivity contribution < 1.29 is 4.79 Å². The third-order valence-electron chi connectivity index (χ3n) is 4.57. The van der Waals surface area contributed by atoms with Gasteiger partial charge in [0.25, 0.3) is 5.91 Å². The van der Waals surface area contributed by atoms with Gasteiger partial charge in [0.1, 0.15) is 5.01 Å². The molecule has 6 heteroatoms. The molecule has 1 amide bonds. The second kappa shape index (κ2) is 6.73. The van der Waals surface area contributed by atoms with Crippen molar-refractivity contribution in [1.29, 1.82) is 0 Å². The molecule has 5 nitrogen and oxygen atoms in total. The first-order valence-corrected chi connectivity index (χ1v) is 9.08. The van der Waals surface area contributed by atoms with Gasteiger partial charge in [0.05, 0.1) is 0 Å². The molecule has 0 saturated heterocycles. The smallest absolute Gasteiger partial charge is 0.257 e. The Balaban J connectivity index is 1.81. The monoisotopic (exact) mass is 342 g/mol. The van der Waals surface area contributed by atoms with Crippen LogP contribution in [-0.4, -0.2) is 21.1 Å². The number of aromatic amines is 1. The lowest BCUT2D eigenvalue weighted by Crippen LogP contribution is -2.11. The van der Waals surface area contributed by atoms with E-state index < -0.39 is 0 Å². The minimum Gasteiger partial charge on any atom is -0.358 e. The van der Waals surface area contributed by atoms with E-state index in [1.807, 2.05) is 25.1 Å². The van der Waals surface area contributed by atoms with Gasteiger partial charge in [0.15, 0.2) is 0 Å². The molecule has 0 aliphatic heterocycles. The van der Waals surface area contributed by atoms with E-state index in [0.717, 1.165) is 34.4 Å². The molecule has 126 valence electrons. The van der Waals surface area contributed by atoms with Crippen LogP contribution in [0.25, 0.3) is 10.9 Å². The van der Waals surface area contributed by atoms with Gasteiger partial charge in [-0.25, -0.2) is 0 Å². The molecule has 0 aliphatic rings. The SMILES string of the molecule is CCC(CC)c1nnc(NC(=O)c2ccc3[nH]c(C)c(C)c3c2)s1. The fourth-order valence-electron chi connectivity index (χ4n) is 2.86. The third-order valence-corrected chi connectivity index (χ3v) is 5.57. The second-order valence-electron chi connectivity index (χ2n) is 6.05. The summed E-state index contributed by atoms with van der Waals surface area (Å²) >= 11 is 1.46. The van der Waals surface area contributed by atoms with Crippen LogP contribution in [0.1, 0.15) is 59.2 Å². The number of carbonyl (C=O) groups excluding carboxylic acids is 1. The van der Waals surface area contributed by atoms with Crippen molar-refractivity contribution in [3.8, 4) is 0 Å². The lowest BCUT2D eigenvalue weighted by atomic mass is 10.1. The number of benzene rings is 1. The third kappa shape index (κ3) is 3.06. The highest BCUT2D eigenvalue weighted by atomic mass is 32.1. The van der Waals surface area contributed by atoms with Gasteiger partial charge < -0.3 is 4.98 Å². The first-order valence-electron chi connectivity index (χ1n) is 8.27. The number of anilines is 1. The number of aromatic nitrogens is 3. The number of H-pyrrole nitrogens is 1. The topological polar surface area (TPSA) is 70.7 Å². The Kier molecular flexibility index (Phi) is 4.66. The van der Waals surface area contributed by atoms with Crippen molar-refractivity contribution in [2.75, 3.05) is 5.32 Å². The summed E-state index contributed by atoms with van der Waals surface area (Å²) in [6.07, 6.45) is 2.06. The van der Waals surface area contributed by atoms with E-state index in [0.29, 0.717) is 16.6 Å². The van der Waals surface area contributed by atoms with E-state index in [-0.39, 0.29) is 5.91 Å². The van der Waals surface area contributed by atoms with Crippen molar-refractivity contribution in [1.82, 2.24) is 15.2 Å². The lowest BCUT2D eigenvalue weighted by Gasteiger charge is -2.05. The fourth-order valence-corrected chi connectivity index (χ4v) is 3.86. The number of hydrogen-bond acceptors (Lipinski definition) is 4. The molecule has 3 aromatic rings. The quantitative estimate of drug-likeness (QED) is 0.700. The van der Waals surface area contributed by atoms with Crippen molar-refractivity contribution in [2.24, 2.45) is 0 Å². The highest BCUT2D eigenvalue weighted by Gasteiger charge is 2.16. The molecule has 2 heterocycles. The molecule has 0 atom stereocenters. The molecule has 0 unspecified atom stereocenters. The maximum absolute atomic E-state index is 12.5. The molecule has 3 rings (SSSR count). The average molecular weight is 342 g/mol. The van der Waals surface area contributed by atoms with Gasteiger partial charge >= 0.3 is 0 Å². The Morgan fingerprint density at radius 3 is 2.71 bits per heavy atom. The van der Waals surface area contributed by atoms with Crippen LogP contribution in [0.5, 0.6) is 0 Å². The number of carbonyl (C=O) groups is 1. The molecule has 2 aromatic heterocycles. The summed E-state index contributed by atoms with van der Waals surface area (Å²) in [5.74, 6) is 0.261. The van der Waals surface area contributed by atoms with Crippen LogP contribution in [0.15, 0.2) is 18.2 Å². The van der Waals surface area contributed by atoms with Crippen molar-refractivity contribution in [3.05, 3.63) is 40.0 Å². The number of fused-ring (bicyclic) bond motifs is 1. The van der Waals surface area contributed by atoms with Crippen LogP contribution in [0.4, 0.5) is 5.13 Å². The first-order chi connectivity index (χ1) is 11.5. The summed E-state index contributed by atoms with van der Waals surface area (Å²) in [5, 5.41) is 13.8. The number of hydrogen-bond donors (Lipinski definition) is 2. The van der Waals surface area contributed by atoms with Gasteiger partial charge in [-0.15, -0.1) is 10.2 Å². The van der Waals surface area contributed by atoms with Crippen LogP contribution in [0.2, 0.25) is 0 Å². The Morgan fingerprint density at radius 1 is 1.25 bits per heavy atom. The van der Waals surface area contributed by atoms with E-state index in [4.69, 9.17) is 0 Å². The average Bonchev–Trinajstić information content (AvgIpc) is 3.14. The number of aryl methyl sites for hydroxylation is 2. The van der Waals surface area contributed by atoms with Gasteiger partial charge in [-0.2, -0.15) is 0 Å². The summed E-state index contributed by atoms with van der Waals surface area (Å²) in [4.78, 5) is 15.8. The van der Waals surface area contributed by atoms with Gasteiger partial charge in [-0.3, -0.25) is 10.1 Å². The predicted octanol–water partition coefficient (Wildman–Crippen LogP) is 4.79. The Labute approximate surface area is 145 Å². The Morgan fingerprint density at radius 2 is 2.00 bits per heavy atom. The molecule has 0 aliphatic carbocycles. The minimum absolute atomic E-state index is 0.151. The normalized spacial score (nSPS) is 11.4. The number of nitrogens with zero attached hydrogens (tertiary/aromatic N) is 2. The van der Waals surface area contributed by atoms with E-state index in [9.17, 15) is 4.79 Å². The summed E-state index contributed by atoms with van der Waals surface area (Å²) in [6, 6.07) is 5.70.